The van der Waals surface area contributed by atoms with Gasteiger partial charge in [-0.1, -0.05) is 152 Å². The van der Waals surface area contributed by atoms with E-state index < -0.39 is 0 Å². The molecule has 2 nitrogen and oxygen atoms in total. The van der Waals surface area contributed by atoms with E-state index in [1.54, 1.807) is 0 Å². The molecular formula is C58H38N2S. The second kappa shape index (κ2) is 14.5. The number of fused-ring (bicyclic) bond motifs is 8. The molecule has 0 N–H and O–H groups in total. The molecule has 0 aliphatic rings. The van der Waals surface area contributed by atoms with Gasteiger partial charge in [0, 0.05) is 59.1 Å². The molecule has 61 heavy (non-hydrogen) atoms. The van der Waals surface area contributed by atoms with Crippen molar-refractivity contribution >= 4 is 81.1 Å². The maximum Gasteiger partial charge on any atom is 0.0547 e. The number of anilines is 3. The second-order valence-electron chi connectivity index (χ2n) is 15.7. The van der Waals surface area contributed by atoms with E-state index in [1.165, 1.54) is 86.1 Å². The molecule has 3 heteroatoms. The number of benzene rings is 10. The van der Waals surface area contributed by atoms with Crippen molar-refractivity contribution in [1.82, 2.24) is 4.57 Å². The van der Waals surface area contributed by atoms with Crippen molar-refractivity contribution in [2.24, 2.45) is 0 Å². The molecule has 0 radical (unpaired) electrons. The number of rotatable bonds is 7. The average Bonchev–Trinajstić information content (AvgIpc) is 3.88. The third kappa shape index (κ3) is 6.09. The minimum Gasteiger partial charge on any atom is -0.310 e. The predicted molar refractivity (Wildman–Crippen MR) is 262 cm³/mol. The third-order valence-corrected chi connectivity index (χ3v) is 13.4. The van der Waals surface area contributed by atoms with Crippen LogP contribution in [0, 0.1) is 0 Å². The number of hydrogen-bond acceptors (Lipinski definition) is 2. The highest BCUT2D eigenvalue weighted by Crippen LogP contribution is 2.44. The van der Waals surface area contributed by atoms with E-state index in [2.05, 4.69) is 240 Å². The summed E-state index contributed by atoms with van der Waals surface area (Å²) in [5, 5.41) is 7.71. The lowest BCUT2D eigenvalue weighted by Gasteiger charge is -2.26. The van der Waals surface area contributed by atoms with Crippen molar-refractivity contribution < 1.29 is 0 Å². The molecular weight excluding hydrogens is 757 g/mol. The van der Waals surface area contributed by atoms with Crippen LogP contribution in [0.4, 0.5) is 17.1 Å². The molecule has 2 aromatic heterocycles. The fourth-order valence-corrected chi connectivity index (χ4v) is 10.4. The van der Waals surface area contributed by atoms with Crippen LogP contribution in [0.15, 0.2) is 231 Å². The van der Waals surface area contributed by atoms with E-state index in [4.69, 9.17) is 0 Å². The molecule has 2 heterocycles. The van der Waals surface area contributed by atoms with Crippen LogP contribution < -0.4 is 4.90 Å². The maximum absolute atomic E-state index is 2.44. The summed E-state index contributed by atoms with van der Waals surface area (Å²) in [6.07, 6.45) is 0. The van der Waals surface area contributed by atoms with Gasteiger partial charge < -0.3 is 9.47 Å². The lowest BCUT2D eigenvalue weighted by atomic mass is 10.00. The first kappa shape index (κ1) is 35.2. The van der Waals surface area contributed by atoms with Gasteiger partial charge in [-0.3, -0.25) is 0 Å². The second-order valence-corrected chi connectivity index (χ2v) is 16.8. The molecule has 0 saturated carbocycles. The van der Waals surface area contributed by atoms with Crippen LogP contribution in [0.25, 0.3) is 91.8 Å². The lowest BCUT2D eigenvalue weighted by molar-refractivity contribution is 1.18. The first-order valence-corrected chi connectivity index (χ1v) is 21.6. The fourth-order valence-electron chi connectivity index (χ4n) is 9.19. The summed E-state index contributed by atoms with van der Waals surface area (Å²) in [7, 11) is 0. The minimum atomic E-state index is 1.10. The maximum atomic E-state index is 2.44. The Morgan fingerprint density at radius 2 is 0.869 bits per heavy atom. The van der Waals surface area contributed by atoms with Crippen LogP contribution in [0.3, 0.4) is 0 Å². The first-order valence-electron chi connectivity index (χ1n) is 20.8. The first-order chi connectivity index (χ1) is 30.2. The summed E-state index contributed by atoms with van der Waals surface area (Å²) in [5.74, 6) is 0. The number of aromatic nitrogens is 1. The zero-order chi connectivity index (χ0) is 40.3. The SMILES string of the molecule is c1ccc(-c2ccc(N(c3ccc(-c4ccccc4)cc3)c3cccc(-c4ccc5c(c4)c4cc6ccc7c8ccccc8sc7c6cc4n5-c4ccccc4)c3)cc2)cc1. The van der Waals surface area contributed by atoms with E-state index in [0.717, 1.165) is 22.7 Å². The Labute approximate surface area is 358 Å². The van der Waals surface area contributed by atoms with E-state index in [9.17, 15) is 0 Å². The summed E-state index contributed by atoms with van der Waals surface area (Å²) in [6.45, 7) is 0. The van der Waals surface area contributed by atoms with Crippen LogP contribution in [0.5, 0.6) is 0 Å². The van der Waals surface area contributed by atoms with Crippen LogP contribution in [0.2, 0.25) is 0 Å². The van der Waals surface area contributed by atoms with E-state index in [-0.39, 0.29) is 0 Å². The summed E-state index contributed by atoms with van der Waals surface area (Å²) >= 11 is 1.89. The monoisotopic (exact) mass is 794 g/mol. The van der Waals surface area contributed by atoms with Crippen LogP contribution in [-0.2, 0) is 0 Å². The molecule has 286 valence electrons. The molecule has 0 unspecified atom stereocenters. The molecule has 0 bridgehead atoms. The van der Waals surface area contributed by atoms with Crippen molar-refractivity contribution in [3.05, 3.63) is 231 Å². The van der Waals surface area contributed by atoms with E-state index >= 15 is 0 Å². The number of para-hydroxylation sites is 1. The van der Waals surface area contributed by atoms with Gasteiger partial charge in [0.1, 0.15) is 0 Å². The molecule has 0 atom stereocenters. The number of hydrogen-bond donors (Lipinski definition) is 0. The molecule has 0 aliphatic carbocycles. The highest BCUT2D eigenvalue weighted by atomic mass is 32.1. The van der Waals surface area contributed by atoms with Gasteiger partial charge in [0.15, 0.2) is 0 Å². The summed E-state index contributed by atoms with van der Waals surface area (Å²) in [5.41, 5.74) is 14.0. The quantitative estimate of drug-likeness (QED) is 0.156. The van der Waals surface area contributed by atoms with Crippen LogP contribution in [0.1, 0.15) is 0 Å². The third-order valence-electron chi connectivity index (χ3n) is 12.2. The van der Waals surface area contributed by atoms with E-state index in [0.29, 0.717) is 0 Å². The summed E-state index contributed by atoms with van der Waals surface area (Å²) in [4.78, 5) is 2.37. The van der Waals surface area contributed by atoms with Gasteiger partial charge in [0.05, 0.1) is 11.0 Å². The number of nitrogens with zero attached hydrogens (tertiary/aromatic N) is 2. The van der Waals surface area contributed by atoms with Crippen molar-refractivity contribution in [2.45, 2.75) is 0 Å². The lowest BCUT2D eigenvalue weighted by Crippen LogP contribution is -2.10. The predicted octanol–water partition coefficient (Wildman–Crippen LogP) is 16.8. The Balaban J connectivity index is 1.01. The Hall–Kier alpha value is -7.72. The fraction of sp³-hybridized carbons (Fsp3) is 0. The molecule has 0 fully saturated rings. The minimum absolute atomic E-state index is 1.10. The van der Waals surface area contributed by atoms with Crippen molar-refractivity contribution in [1.29, 1.82) is 0 Å². The van der Waals surface area contributed by atoms with Crippen molar-refractivity contribution in [3.8, 4) is 39.1 Å². The summed E-state index contributed by atoms with van der Waals surface area (Å²) in [6, 6.07) is 84.1. The Morgan fingerprint density at radius 1 is 0.311 bits per heavy atom. The molecule has 0 spiro atoms. The highest BCUT2D eigenvalue weighted by Gasteiger charge is 2.18. The Bertz CT molecular complexity index is 3470. The average molecular weight is 795 g/mol. The Kier molecular flexibility index (Phi) is 8.39. The van der Waals surface area contributed by atoms with Gasteiger partial charge in [-0.05, 0) is 118 Å². The smallest absolute Gasteiger partial charge is 0.0547 e. The Morgan fingerprint density at radius 3 is 1.56 bits per heavy atom. The van der Waals surface area contributed by atoms with Gasteiger partial charge in [0.25, 0.3) is 0 Å². The van der Waals surface area contributed by atoms with Crippen LogP contribution in [-0.4, -0.2) is 4.57 Å². The van der Waals surface area contributed by atoms with Gasteiger partial charge in [-0.15, -0.1) is 11.3 Å². The zero-order valence-corrected chi connectivity index (χ0v) is 34.1. The largest absolute Gasteiger partial charge is 0.310 e. The molecule has 10 aromatic carbocycles. The molecule has 12 rings (SSSR count). The molecule has 0 saturated heterocycles. The van der Waals surface area contributed by atoms with Crippen molar-refractivity contribution in [2.75, 3.05) is 4.90 Å². The summed E-state index contributed by atoms with van der Waals surface area (Å²) < 4.78 is 5.11. The standard InChI is InChI=1S/C58H38N2S/c1-4-13-39(14-5-1)41-23-29-47(30-24-41)59(48-31-25-42(26-32-48)40-15-6-2-7-16-40)49-20-12-17-43(35-49)44-28-34-55-53(36-44)54-37-45-27-33-51-50-21-10-11-22-57(50)61-58(51)52(45)38-56(54)60(55)46-18-8-3-9-19-46/h1-38H. The van der Waals surface area contributed by atoms with Gasteiger partial charge >= 0.3 is 0 Å². The highest BCUT2D eigenvalue weighted by molar-refractivity contribution is 7.26. The van der Waals surface area contributed by atoms with E-state index in [1.807, 2.05) is 11.3 Å². The normalized spacial score (nSPS) is 11.6. The number of thiophene rings is 1. The van der Waals surface area contributed by atoms with Gasteiger partial charge in [-0.2, -0.15) is 0 Å². The van der Waals surface area contributed by atoms with Crippen LogP contribution >= 0.6 is 11.3 Å². The molecule has 12 aromatic rings. The zero-order valence-electron chi connectivity index (χ0n) is 33.2. The molecule has 0 aliphatic heterocycles. The van der Waals surface area contributed by atoms with Gasteiger partial charge in [-0.25, -0.2) is 0 Å². The molecule has 0 amide bonds. The topological polar surface area (TPSA) is 8.17 Å². The van der Waals surface area contributed by atoms with Gasteiger partial charge in [0.2, 0.25) is 0 Å². The van der Waals surface area contributed by atoms with Crippen molar-refractivity contribution in [3.63, 3.8) is 0 Å².